The Labute approximate surface area is 141 Å². The van der Waals surface area contributed by atoms with Crippen LogP contribution < -0.4 is 10.2 Å². The molecule has 9 heteroatoms. The van der Waals surface area contributed by atoms with Crippen LogP contribution in [0.4, 0.5) is 0 Å². The van der Waals surface area contributed by atoms with Crippen molar-refractivity contribution in [2.24, 2.45) is 0 Å². The number of hydrogen-bond donors (Lipinski definition) is 0. The maximum atomic E-state index is 10.4. The number of hydrogen-bond acceptors (Lipinski definition) is 6. The van der Waals surface area contributed by atoms with Crippen LogP contribution in [0.1, 0.15) is 27.7 Å². The Morgan fingerprint density at radius 3 is 1.33 bits per heavy atom. The molecule has 0 saturated carbocycles. The van der Waals surface area contributed by atoms with Gasteiger partial charge in [0.2, 0.25) is 0 Å². The van der Waals surface area contributed by atoms with Gasteiger partial charge in [-0.3, -0.25) is 0 Å². The van der Waals surface area contributed by atoms with Gasteiger partial charge in [0.1, 0.15) is 0 Å². The van der Waals surface area contributed by atoms with Crippen molar-refractivity contribution in [1.82, 2.24) is 0 Å². The standard InChI is InChI=1S/2C6H10O3.2ClH.Ti/c2*1-3-9-6(8)4-5(2)7;;;/h2*4,7H,3H2,1-2H3;2*1H;/q;;;;+2/p-4/b2*5-4+;;;. The van der Waals surface area contributed by atoms with Crippen LogP contribution in [0.15, 0.2) is 23.7 Å². The monoisotopic (exact) mass is 376 g/mol. The summed E-state index contributed by atoms with van der Waals surface area (Å²) >= 11 is -0.556. The molecular weight excluding hydrogens is 359 g/mol. The van der Waals surface area contributed by atoms with E-state index >= 15 is 0 Å². The summed E-state index contributed by atoms with van der Waals surface area (Å²) in [5.74, 6) is -1.70. The van der Waals surface area contributed by atoms with Crippen LogP contribution in [0.2, 0.25) is 0 Å². The molecule has 0 radical (unpaired) electrons. The van der Waals surface area contributed by atoms with Crippen molar-refractivity contribution in [3.63, 3.8) is 0 Å². The van der Waals surface area contributed by atoms with Crippen molar-refractivity contribution >= 4 is 30.5 Å². The molecule has 0 aliphatic rings. The minimum atomic E-state index is -0.565. The average Bonchev–Trinajstić information content (AvgIpc) is 2.29. The molecule has 0 spiro atoms. The van der Waals surface area contributed by atoms with Gasteiger partial charge in [-0.2, -0.15) is 0 Å². The van der Waals surface area contributed by atoms with E-state index in [9.17, 15) is 19.8 Å². The molecule has 0 rings (SSSR count). The summed E-state index contributed by atoms with van der Waals surface area (Å²) in [6.07, 6.45) is 1.84. The van der Waals surface area contributed by atoms with E-state index in [1.807, 2.05) is 0 Å². The van der Waals surface area contributed by atoms with Crippen LogP contribution in [-0.2, 0) is 36.1 Å². The fourth-order valence-electron chi connectivity index (χ4n) is 0.700. The van der Waals surface area contributed by atoms with E-state index in [0.717, 1.165) is 12.2 Å². The summed E-state index contributed by atoms with van der Waals surface area (Å²) < 4.78 is 8.87. The summed E-state index contributed by atoms with van der Waals surface area (Å²) in [5, 5.41) is 20.3. The van der Waals surface area contributed by atoms with Crippen molar-refractivity contribution < 1.29 is 46.3 Å². The van der Waals surface area contributed by atoms with E-state index in [2.05, 4.69) is 9.47 Å². The first kappa shape index (κ1) is 25.3. The summed E-state index contributed by atoms with van der Waals surface area (Å²) in [4.78, 5) is 20.7. The first-order valence-corrected chi connectivity index (χ1v) is 10.0. The predicted octanol–water partition coefficient (Wildman–Crippen LogP) is 1.00. The number of halogens is 2. The van der Waals surface area contributed by atoms with Gasteiger partial charge in [0.05, 0.1) is 13.2 Å². The number of rotatable bonds is 4. The number of allylic oxidation sites excluding steroid dienone is 2. The third-order valence-electron chi connectivity index (χ3n) is 1.22. The van der Waals surface area contributed by atoms with Crippen molar-refractivity contribution in [3.8, 4) is 0 Å². The summed E-state index contributed by atoms with van der Waals surface area (Å²) in [7, 11) is 9.78. The molecule has 0 amide bonds. The average molecular weight is 377 g/mol. The molecule has 6 nitrogen and oxygen atoms in total. The molecule has 0 atom stereocenters. The van der Waals surface area contributed by atoms with Gasteiger partial charge in [-0.15, -0.1) is 11.5 Å². The van der Waals surface area contributed by atoms with Gasteiger partial charge < -0.3 is 19.7 Å². The van der Waals surface area contributed by atoms with Crippen molar-refractivity contribution in [3.05, 3.63) is 23.7 Å². The van der Waals surface area contributed by atoms with Crippen LogP contribution in [-0.4, -0.2) is 25.2 Å². The number of esters is 2. The molecular formula is C12H18Cl2O6Ti-2. The molecule has 0 unspecified atom stereocenters. The first-order valence-electron chi connectivity index (χ1n) is 5.75. The molecule has 0 heterocycles. The number of carbonyl (C=O) groups is 2. The molecule has 0 aromatic carbocycles. The summed E-state index contributed by atoms with van der Waals surface area (Å²) in [6, 6.07) is 0. The molecule has 0 fully saturated rings. The van der Waals surface area contributed by atoms with E-state index < -0.39 is 29.0 Å². The van der Waals surface area contributed by atoms with Crippen LogP contribution in [0.3, 0.4) is 0 Å². The van der Waals surface area contributed by atoms with E-state index in [-0.39, 0.29) is 11.5 Å². The Morgan fingerprint density at radius 2 is 1.19 bits per heavy atom. The van der Waals surface area contributed by atoms with Crippen molar-refractivity contribution in [1.29, 1.82) is 0 Å². The molecule has 0 saturated heterocycles. The van der Waals surface area contributed by atoms with E-state index in [1.165, 1.54) is 13.8 Å². The zero-order chi connectivity index (χ0) is 17.3. The molecule has 21 heavy (non-hydrogen) atoms. The predicted molar refractivity (Wildman–Crippen MR) is 72.5 cm³/mol. The molecule has 0 aromatic heterocycles. The zero-order valence-corrected chi connectivity index (χ0v) is 15.3. The minimum absolute atomic E-state index is 0.284. The molecule has 0 aliphatic carbocycles. The molecule has 0 N–H and O–H groups in total. The molecule has 0 aliphatic heterocycles. The Kier molecular flexibility index (Phi) is 23.2. The van der Waals surface area contributed by atoms with Gasteiger partial charge in [-0.1, -0.05) is 13.8 Å². The number of carbonyl (C=O) groups excluding carboxylic acids is 2. The third kappa shape index (κ3) is 32.7. The Bertz CT molecular complexity index is 305. The molecule has 0 aromatic rings. The Morgan fingerprint density at radius 1 is 0.952 bits per heavy atom. The normalized spacial score (nSPS) is 10.2. The second-order valence-electron chi connectivity index (χ2n) is 3.09. The fourth-order valence-corrected chi connectivity index (χ4v) is 0.700. The third-order valence-corrected chi connectivity index (χ3v) is 1.22. The first-order chi connectivity index (χ1) is 9.74. The van der Waals surface area contributed by atoms with Crippen LogP contribution in [0.5, 0.6) is 0 Å². The van der Waals surface area contributed by atoms with Gasteiger partial charge >= 0.3 is 47.6 Å². The maximum absolute atomic E-state index is 10.4. The second-order valence-corrected chi connectivity index (χ2v) is 5.66. The Hall–Kier alpha value is -0.686. The summed E-state index contributed by atoms with van der Waals surface area (Å²) in [5.41, 5.74) is 0. The van der Waals surface area contributed by atoms with Crippen molar-refractivity contribution in [2.75, 3.05) is 13.2 Å². The van der Waals surface area contributed by atoms with Gasteiger partial charge in [0.15, 0.2) is 0 Å². The Balaban J connectivity index is -0.000000260. The van der Waals surface area contributed by atoms with Crippen LogP contribution in [0, 0.1) is 0 Å². The van der Waals surface area contributed by atoms with E-state index in [0.29, 0.717) is 13.2 Å². The fraction of sp³-hybridized carbons (Fsp3) is 0.500. The van der Waals surface area contributed by atoms with Gasteiger partial charge in [-0.05, 0) is 13.8 Å². The van der Waals surface area contributed by atoms with Gasteiger partial charge in [0.25, 0.3) is 0 Å². The SMILES string of the molecule is CCOC(=O)/C=C(\C)[O-].CCOC(=O)/C=C(\C)[O-].[Cl][Ti][Cl]. The topological polar surface area (TPSA) is 98.7 Å². The van der Waals surface area contributed by atoms with E-state index in [4.69, 9.17) is 18.6 Å². The summed E-state index contributed by atoms with van der Waals surface area (Å²) in [6.45, 7) is 6.59. The zero-order valence-electron chi connectivity index (χ0n) is 12.3. The van der Waals surface area contributed by atoms with Gasteiger partial charge in [-0.25, -0.2) is 9.59 Å². The molecule has 0 bridgehead atoms. The van der Waals surface area contributed by atoms with Crippen molar-refractivity contribution in [2.45, 2.75) is 27.7 Å². The number of ether oxygens (including phenoxy) is 2. The van der Waals surface area contributed by atoms with Crippen LogP contribution >= 0.6 is 18.6 Å². The van der Waals surface area contributed by atoms with Crippen LogP contribution in [0.25, 0.3) is 0 Å². The van der Waals surface area contributed by atoms with Gasteiger partial charge in [0, 0.05) is 12.2 Å². The quantitative estimate of drug-likeness (QED) is 0.314. The second kappa shape index (κ2) is 19.3. The molecule has 122 valence electrons. The van der Waals surface area contributed by atoms with E-state index in [1.54, 1.807) is 13.8 Å².